The Bertz CT molecular complexity index is 733. The maximum absolute atomic E-state index is 12.1. The molecule has 7 heteroatoms. The van der Waals surface area contributed by atoms with Crippen molar-refractivity contribution in [3.05, 3.63) is 63.1 Å². The minimum absolute atomic E-state index is 0.335. The first-order valence-electron chi connectivity index (χ1n) is 6.69. The van der Waals surface area contributed by atoms with Crippen LogP contribution in [0.3, 0.4) is 0 Å². The molecule has 1 atom stereocenters. The van der Waals surface area contributed by atoms with Crippen molar-refractivity contribution in [2.45, 2.75) is 13.0 Å². The fraction of sp³-hybridized carbons (Fsp3) is 0.125. The Labute approximate surface area is 148 Å². The zero-order valence-corrected chi connectivity index (χ0v) is 14.3. The molecule has 4 nitrogen and oxygen atoms in total. The van der Waals surface area contributed by atoms with E-state index in [0.29, 0.717) is 26.3 Å². The number of nitrogens with one attached hydrogen (secondary N) is 2. The minimum Gasteiger partial charge on any atom is -0.341 e. The second-order valence-electron chi connectivity index (χ2n) is 4.82. The third kappa shape index (κ3) is 4.86. The van der Waals surface area contributed by atoms with Crippen LogP contribution in [0.5, 0.6) is 0 Å². The van der Waals surface area contributed by atoms with Crippen LogP contribution in [-0.4, -0.2) is 17.9 Å². The molecule has 2 N–H and O–H groups in total. The Balaban J connectivity index is 1.97. The third-order valence-corrected chi connectivity index (χ3v) is 4.03. The van der Waals surface area contributed by atoms with Crippen LogP contribution in [0, 0.1) is 0 Å². The Hall–Kier alpha value is -1.75. The van der Waals surface area contributed by atoms with Gasteiger partial charge in [-0.05, 0) is 49.4 Å². The molecule has 0 heterocycles. The van der Waals surface area contributed by atoms with E-state index in [1.165, 1.54) is 6.07 Å². The lowest BCUT2D eigenvalue weighted by Crippen LogP contribution is -2.41. The van der Waals surface area contributed by atoms with Gasteiger partial charge in [0, 0.05) is 16.3 Å². The molecule has 0 aromatic heterocycles. The minimum atomic E-state index is -0.729. The highest BCUT2D eigenvalue weighted by atomic mass is 35.5. The van der Waals surface area contributed by atoms with Crippen molar-refractivity contribution >= 4 is 52.3 Å². The summed E-state index contributed by atoms with van der Waals surface area (Å²) in [5.41, 5.74) is 0.917. The topological polar surface area (TPSA) is 58.2 Å². The maximum atomic E-state index is 12.1. The number of anilines is 1. The highest BCUT2D eigenvalue weighted by Crippen LogP contribution is 2.25. The molecule has 2 rings (SSSR count). The Kier molecular flexibility index (Phi) is 5.88. The van der Waals surface area contributed by atoms with Crippen molar-refractivity contribution in [1.82, 2.24) is 5.32 Å². The molecule has 120 valence electrons. The molecule has 2 amide bonds. The van der Waals surface area contributed by atoms with Gasteiger partial charge in [-0.25, -0.2) is 0 Å². The molecule has 0 bridgehead atoms. The Morgan fingerprint density at radius 2 is 1.61 bits per heavy atom. The number of carbonyl (C=O) groups excluding carboxylic acids is 2. The van der Waals surface area contributed by atoms with E-state index in [0.717, 1.165) is 0 Å². The summed E-state index contributed by atoms with van der Waals surface area (Å²) >= 11 is 17.5. The van der Waals surface area contributed by atoms with Crippen LogP contribution in [-0.2, 0) is 4.79 Å². The van der Waals surface area contributed by atoms with E-state index < -0.39 is 6.04 Å². The van der Waals surface area contributed by atoms with Crippen LogP contribution >= 0.6 is 34.8 Å². The zero-order chi connectivity index (χ0) is 17.0. The van der Waals surface area contributed by atoms with E-state index >= 15 is 0 Å². The SMILES string of the molecule is CC(NC(=O)c1ccc(Cl)cc1)C(=O)Nc1ccc(Cl)c(Cl)c1. The van der Waals surface area contributed by atoms with E-state index in [2.05, 4.69) is 10.6 Å². The van der Waals surface area contributed by atoms with Gasteiger partial charge in [-0.3, -0.25) is 9.59 Å². The number of halogens is 3. The summed E-state index contributed by atoms with van der Waals surface area (Å²) in [6.07, 6.45) is 0. The molecule has 0 saturated carbocycles. The van der Waals surface area contributed by atoms with Gasteiger partial charge in [-0.15, -0.1) is 0 Å². The number of rotatable bonds is 4. The number of hydrogen-bond donors (Lipinski definition) is 2. The first-order chi connectivity index (χ1) is 10.9. The lowest BCUT2D eigenvalue weighted by molar-refractivity contribution is -0.117. The van der Waals surface area contributed by atoms with Crippen LogP contribution in [0.2, 0.25) is 15.1 Å². The van der Waals surface area contributed by atoms with Crippen molar-refractivity contribution in [1.29, 1.82) is 0 Å². The molecular formula is C16H13Cl3N2O2. The lowest BCUT2D eigenvalue weighted by Gasteiger charge is -2.14. The lowest BCUT2D eigenvalue weighted by atomic mass is 10.2. The summed E-state index contributed by atoms with van der Waals surface area (Å²) in [6.45, 7) is 1.58. The van der Waals surface area contributed by atoms with Gasteiger partial charge >= 0.3 is 0 Å². The first kappa shape index (κ1) is 17.6. The number of benzene rings is 2. The molecule has 0 aliphatic heterocycles. The third-order valence-electron chi connectivity index (χ3n) is 3.03. The van der Waals surface area contributed by atoms with E-state index in [9.17, 15) is 9.59 Å². The number of carbonyl (C=O) groups is 2. The van der Waals surface area contributed by atoms with Crippen molar-refractivity contribution < 1.29 is 9.59 Å². The second kappa shape index (κ2) is 7.68. The molecular weight excluding hydrogens is 359 g/mol. The summed E-state index contributed by atoms with van der Waals surface area (Å²) in [5, 5.41) is 6.53. The van der Waals surface area contributed by atoms with Crippen molar-refractivity contribution in [2.24, 2.45) is 0 Å². The van der Waals surface area contributed by atoms with Crippen LogP contribution in [0.4, 0.5) is 5.69 Å². The molecule has 1 unspecified atom stereocenters. The Morgan fingerprint density at radius 3 is 2.22 bits per heavy atom. The normalized spacial score (nSPS) is 11.7. The highest BCUT2D eigenvalue weighted by Gasteiger charge is 2.17. The van der Waals surface area contributed by atoms with E-state index in [4.69, 9.17) is 34.8 Å². The summed E-state index contributed by atoms with van der Waals surface area (Å²) in [4.78, 5) is 24.2. The average Bonchev–Trinajstić information content (AvgIpc) is 2.51. The smallest absolute Gasteiger partial charge is 0.251 e. The van der Waals surface area contributed by atoms with Crippen LogP contribution in [0.1, 0.15) is 17.3 Å². The van der Waals surface area contributed by atoms with Gasteiger partial charge in [0.2, 0.25) is 5.91 Å². The molecule has 0 saturated heterocycles. The van der Waals surface area contributed by atoms with E-state index in [1.54, 1.807) is 43.3 Å². The largest absolute Gasteiger partial charge is 0.341 e. The molecule has 0 spiro atoms. The number of hydrogen-bond acceptors (Lipinski definition) is 2. The van der Waals surface area contributed by atoms with E-state index in [-0.39, 0.29) is 11.8 Å². The predicted molar refractivity (Wildman–Crippen MR) is 93.5 cm³/mol. The van der Waals surface area contributed by atoms with Gasteiger partial charge in [0.15, 0.2) is 0 Å². The fourth-order valence-corrected chi connectivity index (χ4v) is 2.20. The van der Waals surface area contributed by atoms with Crippen molar-refractivity contribution in [2.75, 3.05) is 5.32 Å². The van der Waals surface area contributed by atoms with E-state index in [1.807, 2.05) is 0 Å². The molecule has 0 aliphatic carbocycles. The quantitative estimate of drug-likeness (QED) is 0.836. The number of amides is 2. The zero-order valence-electron chi connectivity index (χ0n) is 12.1. The first-order valence-corrected chi connectivity index (χ1v) is 7.82. The van der Waals surface area contributed by atoms with Crippen molar-refractivity contribution in [3.8, 4) is 0 Å². The van der Waals surface area contributed by atoms with Gasteiger partial charge in [-0.1, -0.05) is 34.8 Å². The van der Waals surface area contributed by atoms with Gasteiger partial charge in [0.1, 0.15) is 6.04 Å². The molecule has 23 heavy (non-hydrogen) atoms. The van der Waals surface area contributed by atoms with Crippen LogP contribution in [0.25, 0.3) is 0 Å². The standard InChI is InChI=1S/C16H13Cl3N2O2/c1-9(20-16(23)10-2-4-11(17)5-3-10)15(22)21-12-6-7-13(18)14(19)8-12/h2-9H,1H3,(H,20,23)(H,21,22). The molecule has 2 aromatic carbocycles. The summed E-state index contributed by atoms with van der Waals surface area (Å²) in [5.74, 6) is -0.732. The average molecular weight is 372 g/mol. The van der Waals surface area contributed by atoms with Crippen LogP contribution in [0.15, 0.2) is 42.5 Å². The summed E-state index contributed by atoms with van der Waals surface area (Å²) < 4.78 is 0. The predicted octanol–water partition coefficient (Wildman–Crippen LogP) is 4.40. The summed E-state index contributed by atoms with van der Waals surface area (Å²) in [7, 11) is 0. The Morgan fingerprint density at radius 1 is 0.957 bits per heavy atom. The molecule has 0 radical (unpaired) electrons. The molecule has 2 aromatic rings. The van der Waals surface area contributed by atoms with Crippen LogP contribution < -0.4 is 10.6 Å². The highest BCUT2D eigenvalue weighted by molar-refractivity contribution is 6.42. The maximum Gasteiger partial charge on any atom is 0.251 e. The second-order valence-corrected chi connectivity index (χ2v) is 6.07. The fourth-order valence-electron chi connectivity index (χ4n) is 1.77. The van der Waals surface area contributed by atoms with Gasteiger partial charge in [0.05, 0.1) is 10.0 Å². The monoisotopic (exact) mass is 370 g/mol. The van der Waals surface area contributed by atoms with Gasteiger partial charge in [0.25, 0.3) is 5.91 Å². The molecule has 0 aliphatic rings. The van der Waals surface area contributed by atoms with Crippen molar-refractivity contribution in [3.63, 3.8) is 0 Å². The molecule has 0 fully saturated rings. The van der Waals surface area contributed by atoms with Gasteiger partial charge < -0.3 is 10.6 Å². The summed E-state index contributed by atoms with van der Waals surface area (Å²) in [6, 6.07) is 10.4. The van der Waals surface area contributed by atoms with Gasteiger partial charge in [-0.2, -0.15) is 0 Å².